The predicted molar refractivity (Wildman–Crippen MR) is 82.3 cm³/mol. The van der Waals surface area contributed by atoms with Gasteiger partial charge in [0.1, 0.15) is 0 Å². The second-order valence-electron chi connectivity index (χ2n) is 5.15. The van der Waals surface area contributed by atoms with E-state index < -0.39 is 11.6 Å². The van der Waals surface area contributed by atoms with Gasteiger partial charge in [-0.1, -0.05) is 23.8 Å². The molecule has 0 spiro atoms. The molecule has 4 heteroatoms. The van der Waals surface area contributed by atoms with E-state index in [0.717, 1.165) is 24.2 Å². The van der Waals surface area contributed by atoms with E-state index in [9.17, 15) is 8.78 Å². The van der Waals surface area contributed by atoms with Crippen LogP contribution in [0.3, 0.4) is 0 Å². The summed E-state index contributed by atoms with van der Waals surface area (Å²) in [6.07, 6.45) is 0.845. The normalized spacial score (nSPS) is 10.7. The summed E-state index contributed by atoms with van der Waals surface area (Å²) in [6, 6.07) is 12.2. The molecule has 2 nitrogen and oxygen atoms in total. The van der Waals surface area contributed by atoms with Crippen LogP contribution in [0.5, 0.6) is 0 Å². The van der Waals surface area contributed by atoms with Gasteiger partial charge >= 0.3 is 0 Å². The SMILES string of the molecule is Cc1ccc(N(CCCN)Cc2ccc(F)c(F)c2)cc1. The summed E-state index contributed by atoms with van der Waals surface area (Å²) in [5.41, 5.74) is 8.56. The zero-order chi connectivity index (χ0) is 15.2. The highest BCUT2D eigenvalue weighted by Gasteiger charge is 2.09. The summed E-state index contributed by atoms with van der Waals surface area (Å²) in [5, 5.41) is 0. The first-order chi connectivity index (χ1) is 10.1. The van der Waals surface area contributed by atoms with Crippen molar-refractivity contribution in [2.45, 2.75) is 19.9 Å². The molecule has 0 fully saturated rings. The monoisotopic (exact) mass is 290 g/mol. The molecule has 0 amide bonds. The maximum absolute atomic E-state index is 13.3. The molecule has 0 aliphatic rings. The van der Waals surface area contributed by atoms with Crippen LogP contribution in [0, 0.1) is 18.6 Å². The average molecular weight is 290 g/mol. The van der Waals surface area contributed by atoms with Crippen molar-refractivity contribution in [3.8, 4) is 0 Å². The van der Waals surface area contributed by atoms with E-state index in [4.69, 9.17) is 5.73 Å². The van der Waals surface area contributed by atoms with Crippen molar-refractivity contribution in [2.75, 3.05) is 18.0 Å². The number of rotatable bonds is 6. The van der Waals surface area contributed by atoms with E-state index in [1.54, 1.807) is 6.07 Å². The Morgan fingerprint density at radius 1 is 1.00 bits per heavy atom. The van der Waals surface area contributed by atoms with Gasteiger partial charge in [-0.15, -0.1) is 0 Å². The van der Waals surface area contributed by atoms with Gasteiger partial charge in [-0.25, -0.2) is 8.78 Å². The average Bonchev–Trinajstić information content (AvgIpc) is 2.48. The largest absolute Gasteiger partial charge is 0.367 e. The van der Waals surface area contributed by atoms with Crippen LogP contribution in [0.15, 0.2) is 42.5 Å². The summed E-state index contributed by atoms with van der Waals surface area (Å²) in [4.78, 5) is 2.12. The van der Waals surface area contributed by atoms with Gasteiger partial charge in [-0.2, -0.15) is 0 Å². The molecule has 2 rings (SSSR count). The summed E-state index contributed by atoms with van der Waals surface area (Å²) in [5.74, 6) is -1.63. The lowest BCUT2D eigenvalue weighted by Crippen LogP contribution is -2.25. The maximum atomic E-state index is 13.3. The van der Waals surface area contributed by atoms with Gasteiger partial charge in [0.25, 0.3) is 0 Å². The molecule has 0 bridgehead atoms. The molecule has 0 aliphatic carbocycles. The Morgan fingerprint density at radius 3 is 2.33 bits per heavy atom. The number of nitrogens with zero attached hydrogens (tertiary/aromatic N) is 1. The van der Waals surface area contributed by atoms with Crippen molar-refractivity contribution in [1.29, 1.82) is 0 Å². The molecular formula is C17H20F2N2. The lowest BCUT2D eigenvalue weighted by atomic mass is 10.1. The van der Waals surface area contributed by atoms with E-state index in [2.05, 4.69) is 4.90 Å². The second-order valence-corrected chi connectivity index (χ2v) is 5.15. The predicted octanol–water partition coefficient (Wildman–Crippen LogP) is 3.63. The van der Waals surface area contributed by atoms with Crippen molar-refractivity contribution in [3.05, 3.63) is 65.2 Å². The number of anilines is 1. The Labute approximate surface area is 124 Å². The first kappa shape index (κ1) is 15.4. The third-order valence-electron chi connectivity index (χ3n) is 3.39. The quantitative estimate of drug-likeness (QED) is 0.880. The number of nitrogens with two attached hydrogens (primary N) is 1. The first-order valence-electron chi connectivity index (χ1n) is 7.06. The van der Waals surface area contributed by atoms with Gasteiger partial charge in [0.05, 0.1) is 0 Å². The van der Waals surface area contributed by atoms with Crippen LogP contribution < -0.4 is 10.6 Å². The van der Waals surface area contributed by atoms with Gasteiger partial charge in [0.15, 0.2) is 11.6 Å². The number of halogens is 2. The van der Waals surface area contributed by atoms with Crippen LogP contribution in [0.25, 0.3) is 0 Å². The number of aryl methyl sites for hydroxylation is 1. The van der Waals surface area contributed by atoms with Crippen molar-refractivity contribution in [3.63, 3.8) is 0 Å². The molecule has 0 aliphatic heterocycles. The third-order valence-corrected chi connectivity index (χ3v) is 3.39. The molecule has 0 atom stereocenters. The highest BCUT2D eigenvalue weighted by Crippen LogP contribution is 2.19. The van der Waals surface area contributed by atoms with Crippen LogP contribution >= 0.6 is 0 Å². The first-order valence-corrected chi connectivity index (χ1v) is 7.06. The Balaban J connectivity index is 2.19. The van der Waals surface area contributed by atoms with Crippen LogP contribution in [-0.2, 0) is 6.54 Å². The minimum absolute atomic E-state index is 0.528. The second kappa shape index (κ2) is 7.18. The highest BCUT2D eigenvalue weighted by molar-refractivity contribution is 5.48. The standard InChI is InChI=1S/C17H20F2N2/c1-13-3-6-15(7-4-13)21(10-2-9-20)12-14-5-8-16(18)17(19)11-14/h3-8,11H,2,9-10,12,20H2,1H3. The van der Waals surface area contributed by atoms with E-state index in [-0.39, 0.29) is 0 Å². The van der Waals surface area contributed by atoms with Crippen LogP contribution in [-0.4, -0.2) is 13.1 Å². The molecule has 0 saturated heterocycles. The Kier molecular flexibility index (Phi) is 5.28. The Bertz CT molecular complexity index is 582. The van der Waals surface area contributed by atoms with E-state index in [1.807, 2.05) is 31.2 Å². The lowest BCUT2D eigenvalue weighted by molar-refractivity contribution is 0.506. The molecule has 112 valence electrons. The zero-order valence-electron chi connectivity index (χ0n) is 12.2. The summed E-state index contributed by atoms with van der Waals surface area (Å²) >= 11 is 0. The highest BCUT2D eigenvalue weighted by atomic mass is 19.2. The van der Waals surface area contributed by atoms with Crippen LogP contribution in [0.4, 0.5) is 14.5 Å². The summed E-state index contributed by atoms with van der Waals surface area (Å²) in [6.45, 7) is 3.93. The molecule has 0 heterocycles. The van der Waals surface area contributed by atoms with Gasteiger partial charge in [0, 0.05) is 18.8 Å². The molecule has 2 aromatic rings. The van der Waals surface area contributed by atoms with E-state index in [0.29, 0.717) is 13.1 Å². The molecule has 2 aromatic carbocycles. The smallest absolute Gasteiger partial charge is 0.159 e. The summed E-state index contributed by atoms with van der Waals surface area (Å²) in [7, 11) is 0. The lowest BCUT2D eigenvalue weighted by Gasteiger charge is -2.25. The number of hydrogen-bond donors (Lipinski definition) is 1. The van der Waals surface area contributed by atoms with Crippen molar-refractivity contribution < 1.29 is 8.78 Å². The number of hydrogen-bond acceptors (Lipinski definition) is 2. The summed E-state index contributed by atoms with van der Waals surface area (Å²) < 4.78 is 26.3. The molecule has 2 N–H and O–H groups in total. The van der Waals surface area contributed by atoms with Gasteiger partial charge in [-0.3, -0.25) is 0 Å². The molecule has 0 aromatic heterocycles. The molecule has 0 unspecified atom stereocenters. The van der Waals surface area contributed by atoms with Crippen molar-refractivity contribution >= 4 is 5.69 Å². The fraction of sp³-hybridized carbons (Fsp3) is 0.294. The van der Waals surface area contributed by atoms with Crippen molar-refractivity contribution in [1.82, 2.24) is 0 Å². The molecule has 0 saturated carbocycles. The van der Waals surface area contributed by atoms with Gasteiger partial charge in [0.2, 0.25) is 0 Å². The zero-order valence-corrected chi connectivity index (χ0v) is 12.2. The minimum atomic E-state index is -0.817. The minimum Gasteiger partial charge on any atom is -0.367 e. The van der Waals surface area contributed by atoms with Gasteiger partial charge in [-0.05, 0) is 49.7 Å². The molecular weight excluding hydrogens is 270 g/mol. The number of benzene rings is 2. The van der Waals surface area contributed by atoms with Crippen LogP contribution in [0.1, 0.15) is 17.5 Å². The van der Waals surface area contributed by atoms with Gasteiger partial charge < -0.3 is 10.6 Å². The maximum Gasteiger partial charge on any atom is 0.159 e. The fourth-order valence-electron chi connectivity index (χ4n) is 2.20. The molecule has 21 heavy (non-hydrogen) atoms. The fourth-order valence-corrected chi connectivity index (χ4v) is 2.20. The third kappa shape index (κ3) is 4.26. The molecule has 0 radical (unpaired) electrons. The topological polar surface area (TPSA) is 29.3 Å². The Morgan fingerprint density at radius 2 is 1.71 bits per heavy atom. The Hall–Kier alpha value is -1.94. The van der Waals surface area contributed by atoms with Crippen molar-refractivity contribution in [2.24, 2.45) is 5.73 Å². The van der Waals surface area contributed by atoms with E-state index >= 15 is 0 Å². The van der Waals surface area contributed by atoms with Crippen LogP contribution in [0.2, 0.25) is 0 Å². The van der Waals surface area contributed by atoms with E-state index in [1.165, 1.54) is 17.7 Å².